The molecule has 0 aliphatic heterocycles. The fourth-order valence-electron chi connectivity index (χ4n) is 3.94. The largest absolute Gasteiger partial charge is 0.382 e. The Morgan fingerprint density at radius 3 is 2.76 bits per heavy atom. The third kappa shape index (κ3) is 3.49. The van der Waals surface area contributed by atoms with Crippen LogP contribution in [0.25, 0.3) is 0 Å². The van der Waals surface area contributed by atoms with E-state index in [4.69, 9.17) is 4.74 Å². The Bertz CT molecular complexity index is 643. The number of ether oxygens (including phenoxy) is 1. The van der Waals surface area contributed by atoms with Gasteiger partial charge in [-0.1, -0.05) is 12.5 Å². The molecule has 2 saturated carbocycles. The highest BCUT2D eigenvalue weighted by molar-refractivity contribution is 5.97. The Labute approximate surface area is 148 Å². The molecule has 3 N–H and O–H groups in total. The van der Waals surface area contributed by atoms with E-state index in [9.17, 15) is 9.59 Å². The van der Waals surface area contributed by atoms with E-state index in [2.05, 4.69) is 16.0 Å². The molecule has 0 saturated heterocycles. The minimum absolute atomic E-state index is 0.0191. The van der Waals surface area contributed by atoms with Crippen molar-refractivity contribution in [3.05, 3.63) is 29.8 Å². The van der Waals surface area contributed by atoms with Crippen molar-refractivity contribution in [3.8, 4) is 0 Å². The van der Waals surface area contributed by atoms with Crippen LogP contribution in [0.5, 0.6) is 0 Å². The Morgan fingerprint density at radius 2 is 2.12 bits per heavy atom. The standard InChI is InChI=1S/C19H27N3O3/c1-3-25-16-11-15(19(16)8-5-9-19)22-14-7-4-6-13(10-14)18(24)21-12-17(23)20-2/h4,6-7,10,15-16,22H,3,5,8-9,11-12H2,1-2H3,(H,20,23)(H,21,24)/t15-,16+/m1/s1. The van der Waals surface area contributed by atoms with E-state index in [1.807, 2.05) is 25.1 Å². The van der Waals surface area contributed by atoms with Gasteiger partial charge in [0, 0.05) is 36.4 Å². The zero-order valence-electron chi connectivity index (χ0n) is 14.9. The van der Waals surface area contributed by atoms with Gasteiger partial charge in [-0.2, -0.15) is 0 Å². The molecule has 2 aliphatic rings. The zero-order chi connectivity index (χ0) is 17.9. The van der Waals surface area contributed by atoms with Gasteiger partial charge in [-0.05, 0) is 44.4 Å². The van der Waals surface area contributed by atoms with Crippen LogP contribution in [-0.2, 0) is 9.53 Å². The minimum Gasteiger partial charge on any atom is -0.382 e. The second-order valence-electron chi connectivity index (χ2n) is 6.90. The summed E-state index contributed by atoms with van der Waals surface area (Å²) in [4.78, 5) is 23.4. The van der Waals surface area contributed by atoms with Crippen molar-refractivity contribution >= 4 is 17.5 Å². The number of carbonyl (C=O) groups excluding carboxylic acids is 2. The third-order valence-electron chi connectivity index (χ3n) is 5.59. The Kier molecular flexibility index (Phi) is 5.27. The first-order chi connectivity index (χ1) is 12.1. The smallest absolute Gasteiger partial charge is 0.251 e. The van der Waals surface area contributed by atoms with Crippen molar-refractivity contribution in [2.75, 3.05) is 25.5 Å². The first-order valence-corrected chi connectivity index (χ1v) is 9.06. The van der Waals surface area contributed by atoms with Gasteiger partial charge in [-0.25, -0.2) is 0 Å². The SMILES string of the molecule is CCO[C@H]1C[C@@H](Nc2cccc(C(=O)NCC(=O)NC)c2)C12CCC2. The van der Waals surface area contributed by atoms with Gasteiger partial charge >= 0.3 is 0 Å². The molecule has 2 atom stereocenters. The molecule has 3 rings (SSSR count). The van der Waals surface area contributed by atoms with Crippen LogP contribution in [0, 0.1) is 5.41 Å². The molecule has 1 spiro atoms. The fourth-order valence-corrected chi connectivity index (χ4v) is 3.94. The van der Waals surface area contributed by atoms with Crippen molar-refractivity contribution in [1.82, 2.24) is 10.6 Å². The first-order valence-electron chi connectivity index (χ1n) is 9.06. The van der Waals surface area contributed by atoms with Gasteiger partial charge in [-0.15, -0.1) is 0 Å². The van der Waals surface area contributed by atoms with Crippen LogP contribution in [0.1, 0.15) is 43.0 Å². The minimum atomic E-state index is -0.244. The molecular formula is C19H27N3O3. The summed E-state index contributed by atoms with van der Waals surface area (Å²) in [6.45, 7) is 2.79. The number of hydrogen-bond donors (Lipinski definition) is 3. The van der Waals surface area contributed by atoms with Crippen molar-refractivity contribution in [2.45, 2.75) is 44.8 Å². The van der Waals surface area contributed by atoms with E-state index in [1.165, 1.54) is 19.3 Å². The van der Waals surface area contributed by atoms with Gasteiger partial charge in [-0.3, -0.25) is 9.59 Å². The molecule has 25 heavy (non-hydrogen) atoms. The molecule has 2 amide bonds. The molecule has 1 aromatic rings. The van der Waals surface area contributed by atoms with Crippen LogP contribution in [0.15, 0.2) is 24.3 Å². The van der Waals surface area contributed by atoms with Gasteiger partial charge in [0.2, 0.25) is 5.91 Å². The maximum atomic E-state index is 12.2. The molecule has 2 fully saturated rings. The van der Waals surface area contributed by atoms with Crippen LogP contribution < -0.4 is 16.0 Å². The molecule has 0 radical (unpaired) electrons. The summed E-state index contributed by atoms with van der Waals surface area (Å²) in [7, 11) is 1.55. The summed E-state index contributed by atoms with van der Waals surface area (Å²) in [5.74, 6) is -0.461. The molecule has 0 bridgehead atoms. The lowest BCUT2D eigenvalue weighted by Gasteiger charge is -2.61. The van der Waals surface area contributed by atoms with Crippen molar-refractivity contribution in [1.29, 1.82) is 0 Å². The Hall–Kier alpha value is -2.08. The average Bonchev–Trinajstić information content (AvgIpc) is 2.57. The van der Waals surface area contributed by atoms with Crippen molar-refractivity contribution < 1.29 is 14.3 Å². The highest BCUT2D eigenvalue weighted by Gasteiger charge is 2.58. The van der Waals surface area contributed by atoms with E-state index in [-0.39, 0.29) is 23.8 Å². The average molecular weight is 345 g/mol. The molecule has 2 aliphatic carbocycles. The summed E-state index contributed by atoms with van der Waals surface area (Å²) >= 11 is 0. The number of benzene rings is 1. The Balaban J connectivity index is 1.61. The number of hydrogen-bond acceptors (Lipinski definition) is 4. The fraction of sp³-hybridized carbons (Fsp3) is 0.579. The molecule has 0 unspecified atom stereocenters. The van der Waals surface area contributed by atoms with Crippen molar-refractivity contribution in [2.24, 2.45) is 5.41 Å². The topological polar surface area (TPSA) is 79.5 Å². The van der Waals surface area contributed by atoms with Crippen LogP contribution in [0.4, 0.5) is 5.69 Å². The molecular weight excluding hydrogens is 318 g/mol. The quantitative estimate of drug-likeness (QED) is 0.705. The number of rotatable bonds is 7. The van der Waals surface area contributed by atoms with Crippen LogP contribution in [0.2, 0.25) is 0 Å². The van der Waals surface area contributed by atoms with Crippen LogP contribution >= 0.6 is 0 Å². The second-order valence-corrected chi connectivity index (χ2v) is 6.90. The van der Waals surface area contributed by atoms with Crippen molar-refractivity contribution in [3.63, 3.8) is 0 Å². The predicted octanol–water partition coefficient (Wildman–Crippen LogP) is 1.92. The van der Waals surface area contributed by atoms with E-state index < -0.39 is 0 Å². The Morgan fingerprint density at radius 1 is 1.32 bits per heavy atom. The molecule has 136 valence electrons. The van der Waals surface area contributed by atoms with E-state index in [0.717, 1.165) is 18.7 Å². The first kappa shape index (κ1) is 17.7. The lowest BCUT2D eigenvalue weighted by molar-refractivity contribution is -0.157. The molecule has 6 heteroatoms. The second kappa shape index (κ2) is 7.44. The van der Waals surface area contributed by atoms with Gasteiger partial charge in [0.05, 0.1) is 12.6 Å². The predicted molar refractivity (Wildman–Crippen MR) is 96.6 cm³/mol. The van der Waals surface area contributed by atoms with E-state index in [1.54, 1.807) is 13.1 Å². The number of nitrogens with one attached hydrogen (secondary N) is 3. The number of likely N-dealkylation sites (N-methyl/N-ethyl adjacent to an activating group) is 1. The summed E-state index contributed by atoms with van der Waals surface area (Å²) in [6.07, 6.45) is 5.07. The van der Waals surface area contributed by atoms with Gasteiger partial charge in [0.1, 0.15) is 0 Å². The highest BCUT2D eigenvalue weighted by Crippen LogP contribution is 2.58. The van der Waals surface area contributed by atoms with E-state index in [0.29, 0.717) is 17.7 Å². The maximum Gasteiger partial charge on any atom is 0.251 e. The summed E-state index contributed by atoms with van der Waals surface area (Å²) in [6, 6.07) is 7.85. The summed E-state index contributed by atoms with van der Waals surface area (Å²) in [5, 5.41) is 8.70. The highest BCUT2D eigenvalue weighted by atomic mass is 16.5. The van der Waals surface area contributed by atoms with Crippen LogP contribution in [0.3, 0.4) is 0 Å². The molecule has 0 heterocycles. The number of amides is 2. The molecule has 0 aromatic heterocycles. The van der Waals surface area contributed by atoms with Crippen LogP contribution in [-0.4, -0.2) is 44.2 Å². The van der Waals surface area contributed by atoms with Gasteiger partial charge < -0.3 is 20.7 Å². The molecule has 1 aromatic carbocycles. The van der Waals surface area contributed by atoms with Gasteiger partial charge in [0.25, 0.3) is 5.91 Å². The molecule has 6 nitrogen and oxygen atoms in total. The lowest BCUT2D eigenvalue weighted by atomic mass is 9.51. The third-order valence-corrected chi connectivity index (χ3v) is 5.59. The number of anilines is 1. The summed E-state index contributed by atoms with van der Waals surface area (Å²) < 4.78 is 5.89. The number of carbonyl (C=O) groups is 2. The van der Waals surface area contributed by atoms with E-state index >= 15 is 0 Å². The zero-order valence-corrected chi connectivity index (χ0v) is 14.9. The monoisotopic (exact) mass is 345 g/mol. The summed E-state index contributed by atoms with van der Waals surface area (Å²) in [5.41, 5.74) is 1.77. The normalized spacial score (nSPS) is 23.3. The lowest BCUT2D eigenvalue weighted by Crippen LogP contribution is -2.64. The van der Waals surface area contributed by atoms with Gasteiger partial charge in [0.15, 0.2) is 0 Å². The maximum absolute atomic E-state index is 12.2.